The molecule has 4 nitrogen and oxygen atoms in total. The van der Waals surface area contributed by atoms with Crippen LogP contribution in [0.25, 0.3) is 5.82 Å². The van der Waals surface area contributed by atoms with Crippen molar-refractivity contribution in [2.75, 3.05) is 12.4 Å². The van der Waals surface area contributed by atoms with Gasteiger partial charge in [-0.2, -0.15) is 18.3 Å². The molecule has 20 heavy (non-hydrogen) atoms. The molecule has 1 aliphatic rings. The number of alkyl halides is 3. The highest BCUT2D eigenvalue weighted by molar-refractivity contribution is 5.44. The molecular weight excluding hydrogens is 269 g/mol. The van der Waals surface area contributed by atoms with Crippen molar-refractivity contribution < 1.29 is 13.2 Å². The van der Waals surface area contributed by atoms with Gasteiger partial charge in [0.2, 0.25) is 0 Å². The van der Waals surface area contributed by atoms with Gasteiger partial charge >= 0.3 is 6.18 Å². The number of aromatic nitrogens is 3. The Hall–Kier alpha value is -2.05. The number of halogens is 3. The van der Waals surface area contributed by atoms with Gasteiger partial charge in [0.1, 0.15) is 5.82 Å². The molecule has 7 heteroatoms. The van der Waals surface area contributed by atoms with Crippen LogP contribution >= 0.6 is 0 Å². The Kier molecular flexibility index (Phi) is 2.92. The fraction of sp³-hybridized carbons (Fsp3) is 0.385. The lowest BCUT2D eigenvalue weighted by molar-refractivity contribution is -0.137. The Bertz CT molecular complexity index is 629. The van der Waals surface area contributed by atoms with Gasteiger partial charge in [-0.25, -0.2) is 9.67 Å². The average molecular weight is 282 g/mol. The van der Waals surface area contributed by atoms with E-state index in [4.69, 9.17) is 0 Å². The summed E-state index contributed by atoms with van der Waals surface area (Å²) in [4.78, 5) is 4.12. The van der Waals surface area contributed by atoms with Gasteiger partial charge in [-0.1, -0.05) is 0 Å². The number of nitrogens with zero attached hydrogens (tertiary/aromatic N) is 3. The predicted octanol–water partition coefficient (Wildman–Crippen LogP) is 3.21. The van der Waals surface area contributed by atoms with Crippen molar-refractivity contribution >= 4 is 5.82 Å². The predicted molar refractivity (Wildman–Crippen MR) is 67.9 cm³/mol. The second-order valence-electron chi connectivity index (χ2n) is 4.81. The molecule has 0 aromatic carbocycles. The number of hydrogen-bond acceptors (Lipinski definition) is 3. The molecule has 0 saturated heterocycles. The van der Waals surface area contributed by atoms with Crippen molar-refractivity contribution in [2.45, 2.75) is 24.9 Å². The Balaban J connectivity index is 2.02. The standard InChI is InChI=1S/C13H13F3N4/c1-17-11-6-9(13(14,15)16)7-12(18-11)20-5-4-10(19-20)8-2-3-8/h4-8H,2-3H2,1H3,(H,17,18). The van der Waals surface area contributed by atoms with Crippen LogP contribution in [0.3, 0.4) is 0 Å². The van der Waals surface area contributed by atoms with E-state index in [1.54, 1.807) is 6.20 Å². The number of nitrogens with one attached hydrogen (secondary N) is 1. The molecule has 2 heterocycles. The highest BCUT2D eigenvalue weighted by Crippen LogP contribution is 2.39. The minimum absolute atomic E-state index is 0.163. The first-order chi connectivity index (χ1) is 9.47. The molecule has 1 N–H and O–H groups in total. The Morgan fingerprint density at radius 3 is 2.65 bits per heavy atom. The highest BCUT2D eigenvalue weighted by Gasteiger charge is 2.32. The van der Waals surface area contributed by atoms with Crippen LogP contribution in [0, 0.1) is 0 Å². The Labute approximate surface area is 113 Å². The maximum absolute atomic E-state index is 12.9. The van der Waals surface area contributed by atoms with Gasteiger partial charge in [-0.3, -0.25) is 0 Å². The average Bonchev–Trinajstić information content (AvgIpc) is 3.15. The van der Waals surface area contributed by atoms with Gasteiger partial charge in [0.25, 0.3) is 0 Å². The van der Waals surface area contributed by atoms with Gasteiger partial charge in [-0.15, -0.1) is 0 Å². The maximum atomic E-state index is 12.9. The first kappa shape index (κ1) is 13.0. The minimum atomic E-state index is -4.41. The van der Waals surface area contributed by atoms with Gasteiger partial charge in [0, 0.05) is 19.2 Å². The quantitative estimate of drug-likeness (QED) is 0.940. The summed E-state index contributed by atoms with van der Waals surface area (Å²) in [5, 5.41) is 6.94. The monoisotopic (exact) mass is 282 g/mol. The van der Waals surface area contributed by atoms with Gasteiger partial charge in [-0.05, 0) is 31.0 Å². The van der Waals surface area contributed by atoms with E-state index in [9.17, 15) is 13.2 Å². The number of anilines is 1. The lowest BCUT2D eigenvalue weighted by atomic mass is 10.2. The smallest absolute Gasteiger partial charge is 0.373 e. The summed E-state index contributed by atoms with van der Waals surface area (Å²) in [6, 6.07) is 3.82. The molecule has 0 unspecified atom stereocenters. The second-order valence-corrected chi connectivity index (χ2v) is 4.81. The van der Waals surface area contributed by atoms with Crippen molar-refractivity contribution in [1.82, 2.24) is 14.8 Å². The van der Waals surface area contributed by atoms with E-state index in [1.165, 1.54) is 11.7 Å². The van der Waals surface area contributed by atoms with Crippen LogP contribution in [0.5, 0.6) is 0 Å². The van der Waals surface area contributed by atoms with Crippen molar-refractivity contribution in [1.29, 1.82) is 0 Å². The summed E-state index contributed by atoms with van der Waals surface area (Å²) in [5.74, 6) is 0.778. The molecule has 0 bridgehead atoms. The largest absolute Gasteiger partial charge is 0.416 e. The lowest BCUT2D eigenvalue weighted by Gasteiger charge is -2.11. The molecule has 2 aromatic rings. The maximum Gasteiger partial charge on any atom is 0.416 e. The van der Waals surface area contributed by atoms with Gasteiger partial charge in [0.15, 0.2) is 5.82 Å². The first-order valence-corrected chi connectivity index (χ1v) is 6.30. The first-order valence-electron chi connectivity index (χ1n) is 6.30. The SMILES string of the molecule is CNc1cc(C(F)(F)F)cc(-n2ccc(C3CC3)n2)n1. The molecule has 3 rings (SSSR count). The Morgan fingerprint density at radius 1 is 1.30 bits per heavy atom. The van der Waals surface area contributed by atoms with Crippen molar-refractivity contribution in [3.63, 3.8) is 0 Å². The molecule has 0 radical (unpaired) electrons. The zero-order chi connectivity index (χ0) is 14.3. The topological polar surface area (TPSA) is 42.7 Å². The van der Waals surface area contributed by atoms with E-state index in [-0.39, 0.29) is 11.6 Å². The summed E-state index contributed by atoms with van der Waals surface area (Å²) in [5.41, 5.74) is 0.172. The number of hydrogen-bond donors (Lipinski definition) is 1. The summed E-state index contributed by atoms with van der Waals surface area (Å²) in [7, 11) is 1.53. The molecule has 0 spiro atoms. The summed E-state index contributed by atoms with van der Waals surface area (Å²) < 4.78 is 40.0. The Morgan fingerprint density at radius 2 is 2.05 bits per heavy atom. The van der Waals surface area contributed by atoms with Gasteiger partial charge in [0.05, 0.1) is 11.3 Å². The summed E-state index contributed by atoms with van der Waals surface area (Å²) in [6.45, 7) is 0. The van der Waals surface area contributed by atoms with Crippen molar-refractivity contribution in [3.05, 3.63) is 35.7 Å². The molecule has 0 atom stereocenters. The van der Waals surface area contributed by atoms with Crippen LogP contribution in [0.1, 0.15) is 30.0 Å². The normalized spacial score (nSPS) is 15.4. The van der Waals surface area contributed by atoms with E-state index in [0.29, 0.717) is 5.92 Å². The van der Waals surface area contributed by atoms with Crippen LogP contribution in [0.2, 0.25) is 0 Å². The van der Waals surface area contributed by atoms with Gasteiger partial charge < -0.3 is 5.32 Å². The third-order valence-corrected chi connectivity index (χ3v) is 3.24. The van der Waals surface area contributed by atoms with Crippen molar-refractivity contribution in [2.24, 2.45) is 0 Å². The molecule has 0 aliphatic heterocycles. The van der Waals surface area contributed by atoms with E-state index >= 15 is 0 Å². The van der Waals surface area contributed by atoms with E-state index < -0.39 is 11.7 Å². The fourth-order valence-corrected chi connectivity index (χ4v) is 1.99. The second kappa shape index (κ2) is 4.50. The summed E-state index contributed by atoms with van der Waals surface area (Å²) >= 11 is 0. The molecular formula is C13H13F3N4. The number of pyridine rings is 1. The molecule has 1 fully saturated rings. The van der Waals surface area contributed by atoms with Crippen LogP contribution in [-0.2, 0) is 6.18 Å². The zero-order valence-corrected chi connectivity index (χ0v) is 10.8. The fourth-order valence-electron chi connectivity index (χ4n) is 1.99. The number of rotatable bonds is 3. The van der Waals surface area contributed by atoms with E-state index in [1.807, 2.05) is 6.07 Å². The third-order valence-electron chi connectivity index (χ3n) is 3.24. The van der Waals surface area contributed by atoms with E-state index in [2.05, 4.69) is 15.4 Å². The third kappa shape index (κ3) is 2.48. The van der Waals surface area contributed by atoms with Crippen molar-refractivity contribution in [3.8, 4) is 5.82 Å². The molecule has 1 aliphatic carbocycles. The summed E-state index contributed by atoms with van der Waals surface area (Å²) in [6.07, 6.45) is -0.574. The lowest BCUT2D eigenvalue weighted by Crippen LogP contribution is -2.10. The zero-order valence-electron chi connectivity index (χ0n) is 10.8. The molecule has 1 saturated carbocycles. The van der Waals surface area contributed by atoms with E-state index in [0.717, 1.165) is 30.7 Å². The van der Waals surface area contributed by atoms with Crippen LogP contribution in [-0.4, -0.2) is 21.8 Å². The van der Waals surface area contributed by atoms with Crippen LogP contribution in [0.4, 0.5) is 19.0 Å². The molecule has 0 amide bonds. The van der Waals surface area contributed by atoms with Crippen LogP contribution < -0.4 is 5.32 Å². The molecule has 106 valence electrons. The molecule has 2 aromatic heterocycles. The minimum Gasteiger partial charge on any atom is -0.373 e. The van der Waals surface area contributed by atoms with Crippen LogP contribution in [0.15, 0.2) is 24.4 Å². The highest BCUT2D eigenvalue weighted by atomic mass is 19.4.